The second-order valence-corrected chi connectivity index (χ2v) is 14.1. The lowest BCUT2D eigenvalue weighted by Gasteiger charge is -2.43. The third-order valence-corrected chi connectivity index (χ3v) is 9.23. The van der Waals surface area contributed by atoms with E-state index in [1.54, 1.807) is 0 Å². The number of carbonyl (C=O) groups excluding carboxylic acids is 1. The minimum absolute atomic E-state index is 0.00220. The van der Waals surface area contributed by atoms with Crippen LogP contribution in [-0.4, -0.2) is 45.4 Å². The van der Waals surface area contributed by atoms with Gasteiger partial charge in [0.25, 0.3) is 9.70 Å². The van der Waals surface area contributed by atoms with E-state index in [9.17, 15) is 9.90 Å². The molecule has 1 amide bonds. The van der Waals surface area contributed by atoms with E-state index < -0.39 is 16.0 Å². The molecule has 9 heteroatoms. The van der Waals surface area contributed by atoms with E-state index in [0.29, 0.717) is 0 Å². The van der Waals surface area contributed by atoms with E-state index in [-0.39, 0.29) is 31.3 Å². The predicted molar refractivity (Wildman–Crippen MR) is 177 cm³/mol. The molecule has 44 heavy (non-hydrogen) atoms. The molecule has 3 aromatic rings. The zero-order valence-corrected chi connectivity index (χ0v) is 27.3. The highest BCUT2D eigenvalue weighted by Gasteiger charge is 2.39. The zero-order chi connectivity index (χ0) is 31.1. The monoisotopic (exact) mass is 658 g/mol. The molecule has 0 bridgehead atoms. The number of alkyl halides is 3. The van der Waals surface area contributed by atoms with Gasteiger partial charge in [-0.05, 0) is 53.7 Å². The van der Waals surface area contributed by atoms with Crippen LogP contribution in [0.2, 0.25) is 0 Å². The number of ether oxygens (including phenoxy) is 2. The number of hydrogen-bond donors (Lipinski definition) is 2. The summed E-state index contributed by atoms with van der Waals surface area (Å²) < 4.78 is 11.4. The molecule has 236 valence electrons. The molecule has 5 rings (SSSR count). The van der Waals surface area contributed by atoms with Crippen molar-refractivity contribution in [3.63, 3.8) is 0 Å². The second-order valence-electron chi connectivity index (χ2n) is 11.8. The number of carbonyl (C=O) groups is 1. The Morgan fingerprint density at radius 3 is 2.18 bits per heavy atom. The molecule has 0 radical (unpaired) electrons. The van der Waals surface area contributed by atoms with E-state index in [2.05, 4.69) is 29.3 Å². The van der Waals surface area contributed by atoms with Gasteiger partial charge in [-0.15, -0.1) is 0 Å². The van der Waals surface area contributed by atoms with Gasteiger partial charge in [0.15, 0.2) is 6.29 Å². The molecule has 2 aliphatic rings. The molecule has 3 aromatic carbocycles. The first-order valence-electron chi connectivity index (χ1n) is 15.5. The molecule has 0 unspecified atom stereocenters. The fraction of sp³-hybridized carbons (Fsp3) is 0.457. The van der Waals surface area contributed by atoms with Gasteiger partial charge in [-0.1, -0.05) is 134 Å². The van der Waals surface area contributed by atoms with Crippen molar-refractivity contribution in [2.75, 3.05) is 19.6 Å². The summed E-state index contributed by atoms with van der Waals surface area (Å²) in [4.78, 5) is 14.7. The Morgan fingerprint density at radius 2 is 1.52 bits per heavy atom. The molecule has 2 heterocycles. The van der Waals surface area contributed by atoms with Crippen molar-refractivity contribution in [3.8, 4) is 11.1 Å². The normalized spacial score (nSPS) is 23.5. The van der Waals surface area contributed by atoms with Crippen LogP contribution in [0.3, 0.4) is 0 Å². The Labute approximate surface area is 275 Å². The number of benzene rings is 3. The SMILES string of the molecule is C[C@@H]1[C@H](CN2CCCCCCC2)O[C@H](c2ccc(-c3ccccc3CNC(=O)C(Cl)(Cl)Cl)cc2)O[C@@H]1c1ccc(CO)cc1. The number of rotatable bonds is 8. The summed E-state index contributed by atoms with van der Waals surface area (Å²) in [6.45, 7) is 5.54. The van der Waals surface area contributed by atoms with Crippen molar-refractivity contribution in [1.82, 2.24) is 10.2 Å². The minimum Gasteiger partial charge on any atom is -0.392 e. The number of amides is 1. The highest BCUT2D eigenvalue weighted by molar-refractivity contribution is 6.76. The topological polar surface area (TPSA) is 71.0 Å². The first-order valence-corrected chi connectivity index (χ1v) is 16.6. The van der Waals surface area contributed by atoms with E-state index in [1.165, 1.54) is 32.1 Å². The fourth-order valence-corrected chi connectivity index (χ4v) is 6.33. The minimum atomic E-state index is -2.02. The largest absolute Gasteiger partial charge is 0.392 e. The van der Waals surface area contributed by atoms with Gasteiger partial charge in [0.05, 0.1) is 18.8 Å². The molecular weight excluding hydrogens is 619 g/mol. The van der Waals surface area contributed by atoms with Crippen LogP contribution in [0, 0.1) is 5.92 Å². The van der Waals surface area contributed by atoms with Crippen LogP contribution in [-0.2, 0) is 27.4 Å². The lowest BCUT2D eigenvalue weighted by molar-refractivity contribution is -0.276. The lowest BCUT2D eigenvalue weighted by Crippen LogP contribution is -2.45. The lowest BCUT2D eigenvalue weighted by atomic mass is 9.89. The highest BCUT2D eigenvalue weighted by atomic mass is 35.6. The smallest absolute Gasteiger partial charge is 0.272 e. The fourth-order valence-electron chi connectivity index (χ4n) is 6.13. The molecule has 0 saturated carbocycles. The van der Waals surface area contributed by atoms with Crippen LogP contribution in [0.4, 0.5) is 0 Å². The van der Waals surface area contributed by atoms with Crippen LogP contribution < -0.4 is 5.32 Å². The summed E-state index contributed by atoms with van der Waals surface area (Å²) in [6.07, 6.45) is 5.68. The van der Waals surface area contributed by atoms with E-state index in [4.69, 9.17) is 44.3 Å². The highest BCUT2D eigenvalue weighted by Crippen LogP contribution is 2.42. The van der Waals surface area contributed by atoms with E-state index >= 15 is 0 Å². The Bertz CT molecular complexity index is 1360. The summed E-state index contributed by atoms with van der Waals surface area (Å²) in [5.41, 5.74) is 5.77. The number of hydrogen-bond acceptors (Lipinski definition) is 5. The number of halogens is 3. The van der Waals surface area contributed by atoms with Crippen LogP contribution >= 0.6 is 34.8 Å². The van der Waals surface area contributed by atoms with Crippen LogP contribution in [0.25, 0.3) is 11.1 Å². The first kappa shape index (κ1) is 33.2. The maximum Gasteiger partial charge on any atom is 0.272 e. The third kappa shape index (κ3) is 8.55. The van der Waals surface area contributed by atoms with Crippen molar-refractivity contribution < 1.29 is 19.4 Å². The molecule has 0 spiro atoms. The molecule has 2 saturated heterocycles. The Balaban J connectivity index is 1.37. The number of nitrogens with zero attached hydrogens (tertiary/aromatic N) is 1. The molecule has 2 N–H and O–H groups in total. The number of aliphatic hydroxyl groups is 1. The summed E-state index contributed by atoms with van der Waals surface area (Å²) in [5, 5.41) is 12.3. The van der Waals surface area contributed by atoms with Crippen molar-refractivity contribution in [2.45, 2.75) is 74.5 Å². The Kier molecular flexibility index (Phi) is 11.6. The van der Waals surface area contributed by atoms with Gasteiger partial charge < -0.3 is 24.8 Å². The summed E-state index contributed by atoms with van der Waals surface area (Å²) in [5.74, 6) is -0.523. The van der Waals surface area contributed by atoms with Gasteiger partial charge in [-0.2, -0.15) is 0 Å². The summed E-state index contributed by atoms with van der Waals surface area (Å²) >= 11 is 17.2. The van der Waals surface area contributed by atoms with E-state index in [0.717, 1.165) is 53.0 Å². The van der Waals surface area contributed by atoms with Gasteiger partial charge in [0.2, 0.25) is 0 Å². The molecule has 0 aliphatic carbocycles. The molecule has 2 fully saturated rings. The molecule has 4 atom stereocenters. The van der Waals surface area contributed by atoms with Crippen LogP contribution in [0.15, 0.2) is 72.8 Å². The van der Waals surface area contributed by atoms with Crippen molar-refractivity contribution in [2.24, 2.45) is 5.92 Å². The number of aliphatic hydroxyl groups excluding tert-OH is 1. The maximum atomic E-state index is 12.1. The molecule has 0 aromatic heterocycles. The summed E-state index contributed by atoms with van der Waals surface area (Å²) in [7, 11) is 0. The molecular formula is C35H41Cl3N2O4. The molecule has 2 aliphatic heterocycles. The second kappa shape index (κ2) is 15.4. The van der Waals surface area contributed by atoms with E-state index in [1.807, 2.05) is 60.7 Å². The molecule has 6 nitrogen and oxygen atoms in total. The number of nitrogens with one attached hydrogen (secondary N) is 1. The third-order valence-electron chi connectivity index (χ3n) is 8.72. The average Bonchev–Trinajstić information content (AvgIpc) is 3.02. The standard InChI is InChI=1S/C35H41Cl3N2O4/c1-24-31(22-40-19-7-3-2-4-8-20-40)43-33(44-32(24)27-13-11-25(23-41)12-14-27)28-17-15-26(16-18-28)30-10-6-5-9-29(30)21-39-34(42)35(36,37)38/h5-6,9-18,24,31-33,41H,2-4,7-8,19-23H2,1H3,(H,39,42)/t24-,31+,32+,33+/m1/s1. The van der Waals surface area contributed by atoms with Crippen molar-refractivity contribution >= 4 is 40.7 Å². The predicted octanol–water partition coefficient (Wildman–Crippen LogP) is 7.89. The van der Waals surface area contributed by atoms with Gasteiger partial charge in [-0.25, -0.2) is 0 Å². The summed E-state index contributed by atoms with van der Waals surface area (Å²) in [6, 6.07) is 24.1. The van der Waals surface area contributed by atoms with Crippen LogP contribution in [0.1, 0.15) is 73.7 Å². The first-order chi connectivity index (χ1) is 21.2. The van der Waals surface area contributed by atoms with Gasteiger partial charge in [-0.3, -0.25) is 4.79 Å². The van der Waals surface area contributed by atoms with Crippen LogP contribution in [0.5, 0.6) is 0 Å². The zero-order valence-electron chi connectivity index (χ0n) is 25.1. The van der Waals surface area contributed by atoms with Gasteiger partial charge in [0, 0.05) is 24.6 Å². The van der Waals surface area contributed by atoms with Crippen molar-refractivity contribution in [1.29, 1.82) is 0 Å². The maximum absolute atomic E-state index is 12.1. The van der Waals surface area contributed by atoms with Crippen molar-refractivity contribution in [3.05, 3.63) is 95.1 Å². The van der Waals surface area contributed by atoms with Gasteiger partial charge in [0.1, 0.15) is 0 Å². The Morgan fingerprint density at radius 1 is 0.886 bits per heavy atom. The average molecular weight is 660 g/mol. The van der Waals surface area contributed by atoms with Gasteiger partial charge >= 0.3 is 0 Å². The number of likely N-dealkylation sites (tertiary alicyclic amines) is 1. The quantitative estimate of drug-likeness (QED) is 0.241. The Hall–Kier alpha value is -2.16.